The van der Waals surface area contributed by atoms with Crippen LogP contribution in [-0.4, -0.2) is 23.1 Å². The lowest BCUT2D eigenvalue weighted by Crippen LogP contribution is -2.26. The maximum atomic E-state index is 6.73. The highest BCUT2D eigenvalue weighted by atomic mass is 16.4. The van der Waals surface area contributed by atoms with Gasteiger partial charge in [-0.25, -0.2) is 4.98 Å². The van der Waals surface area contributed by atoms with E-state index in [9.17, 15) is 0 Å². The van der Waals surface area contributed by atoms with Gasteiger partial charge in [-0.1, -0.05) is 102 Å². The third-order valence-corrected chi connectivity index (χ3v) is 7.57. The van der Waals surface area contributed by atoms with Crippen molar-refractivity contribution in [2.75, 3.05) is 18.1 Å². The second-order valence-electron chi connectivity index (χ2n) is 11.5. The van der Waals surface area contributed by atoms with Gasteiger partial charge in [0.05, 0.1) is 6.67 Å². The van der Waals surface area contributed by atoms with Crippen molar-refractivity contribution in [3.63, 3.8) is 0 Å². The van der Waals surface area contributed by atoms with Crippen molar-refractivity contribution in [3.8, 4) is 22.6 Å². The first-order valence-electron chi connectivity index (χ1n) is 14.3. The van der Waals surface area contributed by atoms with Gasteiger partial charge in [-0.15, -0.1) is 0 Å². The number of oxazole rings is 1. The number of aromatic nitrogens is 1. The van der Waals surface area contributed by atoms with E-state index >= 15 is 0 Å². The first-order valence-corrected chi connectivity index (χ1v) is 14.3. The molecule has 4 heteroatoms. The van der Waals surface area contributed by atoms with Crippen molar-refractivity contribution < 1.29 is 4.42 Å². The second kappa shape index (κ2) is 11.5. The summed E-state index contributed by atoms with van der Waals surface area (Å²) >= 11 is 0. The zero-order valence-corrected chi connectivity index (χ0v) is 24.2. The van der Waals surface area contributed by atoms with Gasteiger partial charge in [-0.2, -0.15) is 0 Å². The van der Waals surface area contributed by atoms with Crippen LogP contribution >= 0.6 is 0 Å². The van der Waals surface area contributed by atoms with Gasteiger partial charge in [-0.05, 0) is 46.6 Å². The summed E-state index contributed by atoms with van der Waals surface area (Å²) in [6, 6.07) is 25.8. The van der Waals surface area contributed by atoms with Gasteiger partial charge in [0, 0.05) is 42.2 Å². The first kappa shape index (κ1) is 26.8. The van der Waals surface area contributed by atoms with E-state index in [0.29, 0.717) is 17.8 Å². The molecule has 0 saturated heterocycles. The van der Waals surface area contributed by atoms with E-state index in [4.69, 9.17) is 9.40 Å². The molecule has 0 N–H and O–H groups in total. The molecule has 202 valence electrons. The summed E-state index contributed by atoms with van der Waals surface area (Å²) in [5.41, 5.74) is 8.52. The van der Waals surface area contributed by atoms with E-state index in [-0.39, 0.29) is 0 Å². The average Bonchev–Trinajstić information content (AvgIpc) is 3.59. The Hall–Kier alpha value is -3.79. The molecule has 0 atom stereocenters. The Balaban J connectivity index is 1.51. The molecule has 3 aromatic carbocycles. The molecule has 39 heavy (non-hydrogen) atoms. The molecule has 0 bridgehead atoms. The van der Waals surface area contributed by atoms with Gasteiger partial charge in [0.25, 0.3) is 0 Å². The summed E-state index contributed by atoms with van der Waals surface area (Å²) in [7, 11) is 0. The van der Waals surface area contributed by atoms with Gasteiger partial charge < -0.3 is 14.2 Å². The zero-order chi connectivity index (χ0) is 27.5. The standard InChI is InChI=1S/C35H41N3O/c1-24(2)28-21-30(25(3)4)33(31(22-28)26(5)6)35-34(27-13-9-7-10-14-27)36-32(39-35)17-18-37-19-20-38(23-37)29-15-11-8-12-16-29/h7-16,19-22,24-26H,17-18,23H2,1-6H3. The molecule has 4 nitrogen and oxygen atoms in total. The Morgan fingerprint density at radius 3 is 1.97 bits per heavy atom. The lowest BCUT2D eigenvalue weighted by molar-refractivity contribution is 0.385. The largest absolute Gasteiger partial charge is 0.440 e. The smallest absolute Gasteiger partial charge is 0.197 e. The lowest BCUT2D eigenvalue weighted by Gasteiger charge is -2.22. The molecule has 1 aliphatic heterocycles. The Morgan fingerprint density at radius 1 is 0.769 bits per heavy atom. The lowest BCUT2D eigenvalue weighted by atomic mass is 9.83. The van der Waals surface area contributed by atoms with E-state index in [2.05, 4.69) is 137 Å². The fraction of sp³-hybridized carbons (Fsp3) is 0.343. The molecule has 1 aromatic heterocycles. The van der Waals surface area contributed by atoms with Crippen LogP contribution in [0.25, 0.3) is 22.6 Å². The Kier molecular flexibility index (Phi) is 7.92. The van der Waals surface area contributed by atoms with Crippen LogP contribution < -0.4 is 4.90 Å². The van der Waals surface area contributed by atoms with E-state index in [0.717, 1.165) is 42.5 Å². The van der Waals surface area contributed by atoms with Gasteiger partial charge in [-0.3, -0.25) is 0 Å². The van der Waals surface area contributed by atoms with Crippen LogP contribution in [0.2, 0.25) is 0 Å². The summed E-state index contributed by atoms with van der Waals surface area (Å²) in [6.45, 7) is 15.3. The predicted molar refractivity (Wildman–Crippen MR) is 163 cm³/mol. The van der Waals surface area contributed by atoms with E-state index < -0.39 is 0 Å². The molecule has 0 saturated carbocycles. The number of anilines is 1. The van der Waals surface area contributed by atoms with Crippen molar-refractivity contribution in [3.05, 3.63) is 108 Å². The van der Waals surface area contributed by atoms with Crippen molar-refractivity contribution in [1.29, 1.82) is 0 Å². The number of hydrogen-bond acceptors (Lipinski definition) is 4. The molecule has 0 amide bonds. The van der Waals surface area contributed by atoms with Crippen molar-refractivity contribution in [2.45, 2.75) is 65.7 Å². The molecule has 0 aliphatic carbocycles. The molecule has 4 aromatic rings. The van der Waals surface area contributed by atoms with E-state index in [1.54, 1.807) is 0 Å². The van der Waals surface area contributed by atoms with Gasteiger partial charge in [0.15, 0.2) is 11.7 Å². The molecule has 0 radical (unpaired) electrons. The molecule has 0 unspecified atom stereocenters. The normalized spacial score (nSPS) is 13.5. The summed E-state index contributed by atoms with van der Waals surface area (Å²) < 4.78 is 6.73. The number of para-hydroxylation sites is 1. The Morgan fingerprint density at radius 2 is 1.38 bits per heavy atom. The highest BCUT2D eigenvalue weighted by molar-refractivity contribution is 5.81. The predicted octanol–water partition coefficient (Wildman–Crippen LogP) is 9.17. The second-order valence-corrected chi connectivity index (χ2v) is 11.5. The Bertz CT molecular complexity index is 1390. The summed E-state index contributed by atoms with van der Waals surface area (Å²) in [5, 5.41) is 0. The fourth-order valence-electron chi connectivity index (χ4n) is 5.29. The van der Waals surface area contributed by atoms with Crippen molar-refractivity contribution in [2.24, 2.45) is 0 Å². The van der Waals surface area contributed by atoms with Gasteiger partial charge in [0.2, 0.25) is 0 Å². The minimum Gasteiger partial charge on any atom is -0.440 e. The fourth-order valence-corrected chi connectivity index (χ4v) is 5.29. The van der Waals surface area contributed by atoms with Crippen LogP contribution in [0, 0.1) is 0 Å². The molecule has 1 aliphatic rings. The molecule has 2 heterocycles. The van der Waals surface area contributed by atoms with E-state index in [1.165, 1.54) is 27.9 Å². The SMILES string of the molecule is CC(C)c1cc(C(C)C)c(-c2oc(CCN3C=CN(c4ccccc4)C3)nc2-c2ccccc2)c(C(C)C)c1. The third-order valence-electron chi connectivity index (χ3n) is 7.57. The minimum atomic E-state index is 0.368. The highest BCUT2D eigenvalue weighted by Gasteiger charge is 2.26. The van der Waals surface area contributed by atoms with Gasteiger partial charge in [0.1, 0.15) is 5.69 Å². The summed E-state index contributed by atoms with van der Waals surface area (Å²) in [6.07, 6.45) is 5.05. The maximum absolute atomic E-state index is 6.73. The summed E-state index contributed by atoms with van der Waals surface area (Å²) in [4.78, 5) is 9.70. The number of benzene rings is 3. The molecular weight excluding hydrogens is 478 g/mol. The molecule has 0 spiro atoms. The average molecular weight is 520 g/mol. The first-order chi connectivity index (χ1) is 18.8. The highest BCUT2D eigenvalue weighted by Crippen LogP contribution is 2.43. The quantitative estimate of drug-likeness (QED) is 0.221. The van der Waals surface area contributed by atoms with Crippen LogP contribution in [-0.2, 0) is 6.42 Å². The van der Waals surface area contributed by atoms with Crippen LogP contribution in [0.15, 0.2) is 89.6 Å². The van der Waals surface area contributed by atoms with Crippen LogP contribution in [0.5, 0.6) is 0 Å². The molecule has 5 rings (SSSR count). The van der Waals surface area contributed by atoms with Crippen LogP contribution in [0.4, 0.5) is 5.69 Å². The third kappa shape index (κ3) is 5.80. The number of hydrogen-bond donors (Lipinski definition) is 0. The van der Waals surface area contributed by atoms with Crippen LogP contribution in [0.3, 0.4) is 0 Å². The van der Waals surface area contributed by atoms with Gasteiger partial charge >= 0.3 is 0 Å². The monoisotopic (exact) mass is 519 g/mol. The number of rotatable bonds is 9. The molecular formula is C35H41N3O. The van der Waals surface area contributed by atoms with Crippen LogP contribution in [0.1, 0.15) is 81.9 Å². The van der Waals surface area contributed by atoms with Crippen molar-refractivity contribution in [1.82, 2.24) is 9.88 Å². The summed E-state index contributed by atoms with van der Waals surface area (Å²) in [5.74, 6) is 2.89. The zero-order valence-electron chi connectivity index (χ0n) is 24.2. The number of nitrogens with zero attached hydrogens (tertiary/aromatic N) is 3. The van der Waals surface area contributed by atoms with Crippen molar-refractivity contribution >= 4 is 5.69 Å². The molecule has 0 fully saturated rings. The minimum absolute atomic E-state index is 0.368. The Labute approximate surface area is 234 Å². The topological polar surface area (TPSA) is 32.5 Å². The maximum Gasteiger partial charge on any atom is 0.197 e. The van der Waals surface area contributed by atoms with E-state index in [1.807, 2.05) is 0 Å².